The number of hydrogen-bond acceptors (Lipinski definition) is 5. The van der Waals surface area contributed by atoms with Gasteiger partial charge in [-0.15, -0.1) is 12.3 Å². The van der Waals surface area contributed by atoms with E-state index in [2.05, 4.69) is 16.6 Å². The lowest BCUT2D eigenvalue weighted by atomic mass is 10.2. The zero-order valence-electron chi connectivity index (χ0n) is 14.3. The Bertz CT molecular complexity index is 385. The van der Waals surface area contributed by atoms with Gasteiger partial charge in [-0.05, 0) is 20.8 Å². The highest BCUT2D eigenvalue weighted by molar-refractivity contribution is 5.76. The van der Waals surface area contributed by atoms with Crippen molar-refractivity contribution < 1.29 is 23.8 Å². The smallest absolute Gasteiger partial charge is 0.407 e. The van der Waals surface area contributed by atoms with Gasteiger partial charge in [-0.25, -0.2) is 4.79 Å². The normalized spacial score (nSPS) is 10.7. The molecular formula is C16H28N2O5. The zero-order valence-corrected chi connectivity index (χ0v) is 14.3. The van der Waals surface area contributed by atoms with E-state index >= 15 is 0 Å². The van der Waals surface area contributed by atoms with Crippen molar-refractivity contribution in [1.82, 2.24) is 10.6 Å². The number of nitrogens with one attached hydrogen (secondary N) is 2. The van der Waals surface area contributed by atoms with Crippen LogP contribution in [0.1, 0.15) is 33.6 Å². The molecule has 2 N–H and O–H groups in total. The third-order valence-electron chi connectivity index (χ3n) is 2.35. The number of rotatable bonds is 11. The number of ether oxygens (including phenoxy) is 3. The Balaban J connectivity index is 3.30. The van der Waals surface area contributed by atoms with Crippen molar-refractivity contribution in [3.8, 4) is 12.3 Å². The molecular weight excluding hydrogens is 300 g/mol. The predicted molar refractivity (Wildman–Crippen MR) is 87.0 cm³/mol. The molecule has 0 spiro atoms. The van der Waals surface area contributed by atoms with E-state index in [-0.39, 0.29) is 5.91 Å². The first-order valence-electron chi connectivity index (χ1n) is 7.67. The van der Waals surface area contributed by atoms with Gasteiger partial charge in [0.15, 0.2) is 0 Å². The summed E-state index contributed by atoms with van der Waals surface area (Å²) in [5.41, 5.74) is -0.505. The summed E-state index contributed by atoms with van der Waals surface area (Å²) in [7, 11) is 0. The minimum absolute atomic E-state index is 0.0731. The molecule has 0 rings (SSSR count). The molecule has 2 amide bonds. The van der Waals surface area contributed by atoms with Crippen LogP contribution in [0, 0.1) is 12.3 Å². The fourth-order valence-corrected chi connectivity index (χ4v) is 1.40. The van der Waals surface area contributed by atoms with E-state index in [9.17, 15) is 9.59 Å². The minimum Gasteiger partial charge on any atom is -0.444 e. The van der Waals surface area contributed by atoms with Crippen molar-refractivity contribution in [2.24, 2.45) is 0 Å². The van der Waals surface area contributed by atoms with Gasteiger partial charge >= 0.3 is 6.09 Å². The Hall–Kier alpha value is -1.78. The molecule has 0 aliphatic carbocycles. The molecule has 23 heavy (non-hydrogen) atoms. The standard InChI is InChI=1S/C16H28N2O5/c1-5-6-7-14(19)17-8-10-21-12-13-22-11-9-18-15(20)23-16(2,3)4/h1H,6-13H2,2-4H3,(H,17,19)(H,18,20). The molecule has 0 atom stereocenters. The third kappa shape index (κ3) is 16.4. The monoisotopic (exact) mass is 328 g/mol. The predicted octanol–water partition coefficient (Wildman–Crippen LogP) is 1.07. The van der Waals surface area contributed by atoms with Crippen LogP contribution in [0.5, 0.6) is 0 Å². The third-order valence-corrected chi connectivity index (χ3v) is 2.35. The minimum atomic E-state index is -0.505. The molecule has 0 bridgehead atoms. The van der Waals surface area contributed by atoms with Crippen molar-refractivity contribution in [2.75, 3.05) is 39.5 Å². The van der Waals surface area contributed by atoms with E-state index in [0.29, 0.717) is 52.4 Å². The van der Waals surface area contributed by atoms with E-state index < -0.39 is 11.7 Å². The molecule has 0 saturated carbocycles. The Morgan fingerprint density at radius 2 is 1.57 bits per heavy atom. The second-order valence-corrected chi connectivity index (χ2v) is 5.71. The van der Waals surface area contributed by atoms with Gasteiger partial charge in [0.1, 0.15) is 5.60 Å². The van der Waals surface area contributed by atoms with Crippen LogP contribution in [0.3, 0.4) is 0 Å². The zero-order chi connectivity index (χ0) is 17.6. The molecule has 7 heteroatoms. The Kier molecular flexibility index (Phi) is 11.7. The van der Waals surface area contributed by atoms with Gasteiger partial charge in [0.25, 0.3) is 0 Å². The maximum atomic E-state index is 11.3. The lowest BCUT2D eigenvalue weighted by Gasteiger charge is -2.19. The van der Waals surface area contributed by atoms with Gasteiger partial charge in [0.2, 0.25) is 5.91 Å². The fourth-order valence-electron chi connectivity index (χ4n) is 1.40. The van der Waals surface area contributed by atoms with Crippen LogP contribution in [0.2, 0.25) is 0 Å². The summed E-state index contributed by atoms with van der Waals surface area (Å²) in [6, 6.07) is 0. The average molecular weight is 328 g/mol. The summed E-state index contributed by atoms with van der Waals surface area (Å²) in [4.78, 5) is 22.5. The summed E-state index contributed by atoms with van der Waals surface area (Å²) in [6.07, 6.45) is 5.39. The van der Waals surface area contributed by atoms with Gasteiger partial charge in [-0.1, -0.05) is 0 Å². The van der Waals surface area contributed by atoms with Crippen LogP contribution in [-0.4, -0.2) is 57.1 Å². The first-order chi connectivity index (χ1) is 10.8. The fraction of sp³-hybridized carbons (Fsp3) is 0.750. The molecule has 0 heterocycles. The van der Waals surface area contributed by atoms with Crippen LogP contribution in [0.25, 0.3) is 0 Å². The highest BCUT2D eigenvalue weighted by Crippen LogP contribution is 2.05. The highest BCUT2D eigenvalue weighted by atomic mass is 16.6. The number of alkyl carbamates (subject to hydrolysis) is 1. The van der Waals surface area contributed by atoms with Gasteiger partial charge in [0, 0.05) is 25.9 Å². The van der Waals surface area contributed by atoms with E-state index in [1.54, 1.807) is 20.8 Å². The maximum Gasteiger partial charge on any atom is 0.407 e. The highest BCUT2D eigenvalue weighted by Gasteiger charge is 2.15. The first kappa shape index (κ1) is 21.2. The number of carbonyl (C=O) groups excluding carboxylic acids is 2. The van der Waals surface area contributed by atoms with Crippen molar-refractivity contribution >= 4 is 12.0 Å². The van der Waals surface area contributed by atoms with Crippen molar-refractivity contribution in [1.29, 1.82) is 0 Å². The number of amides is 2. The average Bonchev–Trinajstić information content (AvgIpc) is 2.45. The summed E-state index contributed by atoms with van der Waals surface area (Å²) in [5, 5.41) is 5.29. The molecule has 0 fully saturated rings. The maximum absolute atomic E-state index is 11.3. The number of terminal acetylenes is 1. The van der Waals surface area contributed by atoms with E-state index in [1.807, 2.05) is 0 Å². The van der Waals surface area contributed by atoms with Gasteiger partial charge in [-0.3, -0.25) is 4.79 Å². The second-order valence-electron chi connectivity index (χ2n) is 5.71. The number of hydrogen-bond donors (Lipinski definition) is 2. The molecule has 0 unspecified atom stereocenters. The molecule has 132 valence electrons. The lowest BCUT2D eigenvalue weighted by molar-refractivity contribution is -0.121. The SMILES string of the molecule is C#CCCC(=O)NCCOCCOCCNC(=O)OC(C)(C)C. The molecule has 0 aromatic heterocycles. The topological polar surface area (TPSA) is 85.9 Å². The van der Waals surface area contributed by atoms with Crippen LogP contribution < -0.4 is 10.6 Å². The van der Waals surface area contributed by atoms with Crippen LogP contribution >= 0.6 is 0 Å². The van der Waals surface area contributed by atoms with E-state index in [1.165, 1.54) is 0 Å². The largest absolute Gasteiger partial charge is 0.444 e. The molecule has 0 aromatic carbocycles. The Labute approximate surface area is 138 Å². The van der Waals surface area contributed by atoms with Gasteiger partial charge in [-0.2, -0.15) is 0 Å². The van der Waals surface area contributed by atoms with Crippen LogP contribution in [0.4, 0.5) is 4.79 Å². The molecule has 0 radical (unpaired) electrons. The van der Waals surface area contributed by atoms with Crippen LogP contribution in [-0.2, 0) is 19.0 Å². The molecule has 7 nitrogen and oxygen atoms in total. The lowest BCUT2D eigenvalue weighted by Crippen LogP contribution is -2.34. The molecule has 0 aromatic rings. The first-order valence-corrected chi connectivity index (χ1v) is 7.67. The Morgan fingerprint density at radius 3 is 2.09 bits per heavy atom. The van der Waals surface area contributed by atoms with Gasteiger partial charge < -0.3 is 24.8 Å². The number of carbonyl (C=O) groups is 2. The quantitative estimate of drug-likeness (QED) is 0.438. The summed E-state index contributed by atoms with van der Waals surface area (Å²) in [6.45, 7) is 7.87. The Morgan fingerprint density at radius 1 is 1.00 bits per heavy atom. The van der Waals surface area contributed by atoms with Crippen molar-refractivity contribution in [2.45, 2.75) is 39.2 Å². The molecule has 0 aliphatic heterocycles. The van der Waals surface area contributed by atoms with Gasteiger partial charge in [0.05, 0.1) is 26.4 Å². The molecule has 0 saturated heterocycles. The summed E-state index contributed by atoms with van der Waals surface area (Å²) < 4.78 is 15.7. The van der Waals surface area contributed by atoms with Crippen LogP contribution in [0.15, 0.2) is 0 Å². The van der Waals surface area contributed by atoms with E-state index in [4.69, 9.17) is 20.6 Å². The second kappa shape index (κ2) is 12.7. The summed E-state index contributed by atoms with van der Waals surface area (Å²) >= 11 is 0. The van der Waals surface area contributed by atoms with Crippen molar-refractivity contribution in [3.63, 3.8) is 0 Å². The van der Waals surface area contributed by atoms with Crippen molar-refractivity contribution in [3.05, 3.63) is 0 Å². The summed E-state index contributed by atoms with van der Waals surface area (Å²) in [5.74, 6) is 2.34. The van der Waals surface area contributed by atoms with E-state index in [0.717, 1.165) is 0 Å². The molecule has 0 aliphatic rings.